The summed E-state index contributed by atoms with van der Waals surface area (Å²) in [7, 11) is 0. The van der Waals surface area contributed by atoms with E-state index in [2.05, 4.69) is 42.0 Å². The van der Waals surface area contributed by atoms with Gasteiger partial charge in [0.2, 0.25) is 0 Å². The summed E-state index contributed by atoms with van der Waals surface area (Å²) in [5.41, 5.74) is 0.511. The van der Waals surface area contributed by atoms with E-state index in [1.807, 2.05) is 6.07 Å². The number of halogens is 2. The van der Waals surface area contributed by atoms with Crippen molar-refractivity contribution in [1.29, 1.82) is 0 Å². The van der Waals surface area contributed by atoms with Gasteiger partial charge in [0.1, 0.15) is 0 Å². The highest BCUT2D eigenvalue weighted by atomic mass is 79.9. The third kappa shape index (κ3) is 4.00. The number of rotatable bonds is 4. The average molecular weight is 319 g/mol. The topological polar surface area (TPSA) is 29.1 Å². The molecule has 1 rings (SSSR count). The molecule has 1 N–H and O–H groups in total. The molecular formula is C13H17BrClNO. The molecule has 0 aliphatic rings. The molecule has 0 aliphatic carbocycles. The molecule has 0 aliphatic heterocycles. The van der Waals surface area contributed by atoms with Crippen molar-refractivity contribution in [2.24, 2.45) is 11.8 Å². The Morgan fingerprint density at radius 3 is 2.65 bits per heavy atom. The first kappa shape index (κ1) is 14.5. The summed E-state index contributed by atoms with van der Waals surface area (Å²) in [6.07, 6.45) is 0. The molecule has 2 nitrogen and oxygen atoms in total. The maximum absolute atomic E-state index is 11.9. The molecule has 0 bridgehead atoms. The van der Waals surface area contributed by atoms with Crippen molar-refractivity contribution in [1.82, 2.24) is 5.32 Å². The SMILES string of the molecule is CC(C)C(C)CNC(=O)c1cccc(Br)c1Cl. The molecule has 0 aromatic heterocycles. The molecule has 0 saturated carbocycles. The minimum absolute atomic E-state index is 0.121. The van der Waals surface area contributed by atoms with E-state index in [9.17, 15) is 4.79 Å². The Kier molecular flexibility index (Phi) is 5.47. The molecule has 1 unspecified atom stereocenters. The molecule has 94 valence electrons. The zero-order valence-electron chi connectivity index (χ0n) is 10.3. The zero-order valence-corrected chi connectivity index (χ0v) is 12.6. The number of hydrogen-bond acceptors (Lipinski definition) is 1. The van der Waals surface area contributed by atoms with E-state index < -0.39 is 0 Å². The van der Waals surface area contributed by atoms with Crippen molar-refractivity contribution in [2.75, 3.05) is 6.54 Å². The summed E-state index contributed by atoms with van der Waals surface area (Å²) < 4.78 is 0.740. The molecule has 1 amide bonds. The van der Waals surface area contributed by atoms with Gasteiger partial charge in [0, 0.05) is 11.0 Å². The van der Waals surface area contributed by atoms with Crippen LogP contribution in [0.4, 0.5) is 0 Å². The van der Waals surface area contributed by atoms with Crippen molar-refractivity contribution in [3.05, 3.63) is 33.3 Å². The average Bonchev–Trinajstić information content (AvgIpc) is 2.29. The molecule has 1 atom stereocenters. The van der Waals surface area contributed by atoms with Gasteiger partial charge in [0.05, 0.1) is 10.6 Å². The molecule has 1 aromatic rings. The number of benzene rings is 1. The summed E-state index contributed by atoms with van der Waals surface area (Å²) in [6.45, 7) is 7.07. The summed E-state index contributed by atoms with van der Waals surface area (Å²) in [6, 6.07) is 5.34. The van der Waals surface area contributed by atoms with Gasteiger partial charge in [-0.1, -0.05) is 38.4 Å². The van der Waals surface area contributed by atoms with Gasteiger partial charge >= 0.3 is 0 Å². The fourth-order valence-electron chi connectivity index (χ4n) is 1.26. The molecule has 0 spiro atoms. The number of carbonyl (C=O) groups excluding carboxylic acids is 1. The van der Waals surface area contributed by atoms with Gasteiger partial charge in [-0.2, -0.15) is 0 Å². The predicted octanol–water partition coefficient (Wildman–Crippen LogP) is 4.12. The third-order valence-electron chi connectivity index (χ3n) is 2.92. The maximum Gasteiger partial charge on any atom is 0.252 e. The second-order valence-corrected chi connectivity index (χ2v) is 5.77. The zero-order chi connectivity index (χ0) is 13.0. The van der Waals surface area contributed by atoms with Crippen LogP contribution in [0.5, 0.6) is 0 Å². The number of carbonyl (C=O) groups is 1. The lowest BCUT2D eigenvalue weighted by Gasteiger charge is -2.16. The first-order valence-electron chi connectivity index (χ1n) is 5.65. The number of amides is 1. The second-order valence-electron chi connectivity index (χ2n) is 4.53. The van der Waals surface area contributed by atoms with Crippen LogP contribution < -0.4 is 5.32 Å². The van der Waals surface area contributed by atoms with Crippen LogP contribution in [-0.2, 0) is 0 Å². The molecule has 17 heavy (non-hydrogen) atoms. The number of hydrogen-bond donors (Lipinski definition) is 1. The standard InChI is InChI=1S/C13H17BrClNO/c1-8(2)9(3)7-16-13(17)10-5-4-6-11(14)12(10)15/h4-6,8-9H,7H2,1-3H3,(H,16,17). The van der Waals surface area contributed by atoms with Crippen LogP contribution in [0.3, 0.4) is 0 Å². The van der Waals surface area contributed by atoms with Crippen LogP contribution in [0.25, 0.3) is 0 Å². The fourth-order valence-corrected chi connectivity index (χ4v) is 1.84. The van der Waals surface area contributed by atoms with Crippen LogP contribution in [0.15, 0.2) is 22.7 Å². The number of nitrogens with one attached hydrogen (secondary N) is 1. The first-order valence-corrected chi connectivity index (χ1v) is 6.82. The van der Waals surface area contributed by atoms with Gasteiger partial charge < -0.3 is 5.32 Å². The van der Waals surface area contributed by atoms with E-state index in [0.29, 0.717) is 29.0 Å². The van der Waals surface area contributed by atoms with Crippen LogP contribution in [0.2, 0.25) is 5.02 Å². The summed E-state index contributed by atoms with van der Waals surface area (Å²) in [5.74, 6) is 0.877. The Labute approximate surface area is 116 Å². The Balaban J connectivity index is 2.68. The highest BCUT2D eigenvalue weighted by molar-refractivity contribution is 9.10. The van der Waals surface area contributed by atoms with Crippen LogP contribution in [0.1, 0.15) is 31.1 Å². The van der Waals surface area contributed by atoms with Gasteiger partial charge in [0.15, 0.2) is 0 Å². The van der Waals surface area contributed by atoms with Gasteiger partial charge in [-0.15, -0.1) is 0 Å². The third-order valence-corrected chi connectivity index (χ3v) is 4.22. The van der Waals surface area contributed by atoms with Crippen molar-refractivity contribution in [3.63, 3.8) is 0 Å². The summed E-state index contributed by atoms with van der Waals surface area (Å²) in [4.78, 5) is 11.9. The lowest BCUT2D eigenvalue weighted by molar-refractivity contribution is 0.0945. The van der Waals surface area contributed by atoms with Gasteiger partial charge in [-0.3, -0.25) is 4.79 Å². The lowest BCUT2D eigenvalue weighted by atomic mass is 9.98. The van der Waals surface area contributed by atoms with Crippen molar-refractivity contribution in [3.8, 4) is 0 Å². The molecule has 0 radical (unpaired) electrons. The minimum Gasteiger partial charge on any atom is -0.352 e. The quantitative estimate of drug-likeness (QED) is 0.889. The highest BCUT2D eigenvalue weighted by Crippen LogP contribution is 2.25. The first-order chi connectivity index (χ1) is 7.93. The molecule has 0 fully saturated rings. The highest BCUT2D eigenvalue weighted by Gasteiger charge is 2.14. The van der Waals surface area contributed by atoms with Gasteiger partial charge in [0.25, 0.3) is 5.91 Å². The normalized spacial score (nSPS) is 12.6. The lowest BCUT2D eigenvalue weighted by Crippen LogP contribution is -2.30. The fraction of sp³-hybridized carbons (Fsp3) is 0.462. The van der Waals surface area contributed by atoms with E-state index >= 15 is 0 Å². The summed E-state index contributed by atoms with van der Waals surface area (Å²) in [5, 5.41) is 3.36. The second kappa shape index (κ2) is 6.41. The Morgan fingerprint density at radius 1 is 1.41 bits per heavy atom. The largest absolute Gasteiger partial charge is 0.352 e. The smallest absolute Gasteiger partial charge is 0.252 e. The van der Waals surface area contributed by atoms with E-state index in [0.717, 1.165) is 4.47 Å². The predicted molar refractivity (Wildman–Crippen MR) is 75.5 cm³/mol. The molecule has 0 saturated heterocycles. The molecule has 4 heteroatoms. The van der Waals surface area contributed by atoms with Crippen LogP contribution >= 0.6 is 27.5 Å². The molecule has 0 heterocycles. The Morgan fingerprint density at radius 2 is 2.06 bits per heavy atom. The van der Waals surface area contributed by atoms with Gasteiger partial charge in [-0.05, 0) is 39.9 Å². The van der Waals surface area contributed by atoms with Crippen molar-refractivity contribution >= 4 is 33.4 Å². The van der Waals surface area contributed by atoms with Crippen molar-refractivity contribution < 1.29 is 4.79 Å². The monoisotopic (exact) mass is 317 g/mol. The minimum atomic E-state index is -0.121. The Bertz CT molecular complexity index is 406. The van der Waals surface area contributed by atoms with E-state index in [1.165, 1.54) is 0 Å². The van der Waals surface area contributed by atoms with Crippen molar-refractivity contribution in [2.45, 2.75) is 20.8 Å². The molecule has 1 aromatic carbocycles. The molecular weight excluding hydrogens is 302 g/mol. The Hall–Kier alpha value is -0.540. The van der Waals surface area contributed by atoms with Crippen LogP contribution in [0, 0.1) is 11.8 Å². The van der Waals surface area contributed by atoms with E-state index in [1.54, 1.807) is 12.1 Å². The van der Waals surface area contributed by atoms with Crippen LogP contribution in [-0.4, -0.2) is 12.5 Å². The van der Waals surface area contributed by atoms with E-state index in [-0.39, 0.29) is 5.91 Å². The van der Waals surface area contributed by atoms with Gasteiger partial charge in [-0.25, -0.2) is 0 Å². The van der Waals surface area contributed by atoms with E-state index in [4.69, 9.17) is 11.6 Å². The summed E-state index contributed by atoms with van der Waals surface area (Å²) >= 11 is 9.36. The maximum atomic E-state index is 11.9.